The first-order valence-electron chi connectivity index (χ1n) is 9.78. The van der Waals surface area contributed by atoms with Gasteiger partial charge in [0, 0.05) is 47.6 Å². The van der Waals surface area contributed by atoms with E-state index in [1.54, 1.807) is 25.3 Å². The van der Waals surface area contributed by atoms with Gasteiger partial charge in [-0.15, -0.1) is 0 Å². The van der Waals surface area contributed by atoms with E-state index in [-0.39, 0.29) is 23.7 Å². The molecule has 1 N–H and O–H groups in total. The number of halogens is 3. The molecule has 10 heteroatoms. The van der Waals surface area contributed by atoms with Crippen molar-refractivity contribution in [2.45, 2.75) is 13.3 Å². The number of aliphatic hydroxyl groups excluding tert-OH is 1. The Hall–Kier alpha value is -3.35. The molecule has 2 aromatic heterocycles. The lowest BCUT2D eigenvalue weighted by molar-refractivity contribution is 0.145. The number of nitrogens with zero attached hydrogens (tertiary/aromatic N) is 6. The Balaban J connectivity index is 2.06. The van der Waals surface area contributed by atoms with Gasteiger partial charge in [-0.05, 0) is 37.1 Å². The molecule has 0 spiro atoms. The summed E-state index contributed by atoms with van der Waals surface area (Å²) in [5.41, 5.74) is 0.433. The number of aliphatic imine (C=N–C) groups is 1. The third kappa shape index (κ3) is 3.72. The van der Waals surface area contributed by atoms with Crippen molar-refractivity contribution in [3.8, 4) is 6.07 Å². The Labute approximate surface area is 187 Å². The molecule has 3 aromatic rings. The molecule has 0 amide bonds. The fourth-order valence-corrected chi connectivity index (χ4v) is 3.99. The van der Waals surface area contributed by atoms with Gasteiger partial charge in [-0.25, -0.2) is 13.8 Å². The van der Waals surface area contributed by atoms with Gasteiger partial charge in [0.2, 0.25) is 0 Å². The van der Waals surface area contributed by atoms with Gasteiger partial charge in [0.1, 0.15) is 23.1 Å². The number of anilines is 1. The number of aryl methyl sites for hydroxylation is 1. The summed E-state index contributed by atoms with van der Waals surface area (Å²) in [5.74, 6) is 0.601. The standard InChI is InChI=1S/C22H19ClF2N6O/c1-12-17(6-14-3-4-16(23)5-15(14)8-27-2)22(30-9-13(10-30)11-32)31-21(28-12)18(7-26)19(29-31)20(24)25/h3-6,8,13,20,32H,2,9-11H2,1H3/b14-6+,15-8-. The molecule has 164 valence electrons. The topological polar surface area (TPSA) is 89.8 Å². The lowest BCUT2D eigenvalue weighted by Crippen LogP contribution is -2.49. The zero-order chi connectivity index (χ0) is 23.0. The van der Waals surface area contributed by atoms with E-state index in [0.29, 0.717) is 35.2 Å². The average Bonchev–Trinajstić information content (AvgIpc) is 3.09. The van der Waals surface area contributed by atoms with Crippen LogP contribution in [0, 0.1) is 24.2 Å². The highest BCUT2D eigenvalue weighted by Gasteiger charge is 2.32. The Kier molecular flexibility index (Phi) is 5.91. The highest BCUT2D eigenvalue weighted by atomic mass is 35.5. The van der Waals surface area contributed by atoms with E-state index < -0.39 is 12.1 Å². The number of hydrogen-bond donors (Lipinski definition) is 1. The molecule has 1 aromatic carbocycles. The Morgan fingerprint density at radius 1 is 1.41 bits per heavy atom. The first-order chi connectivity index (χ1) is 15.4. The molecule has 1 saturated heterocycles. The van der Waals surface area contributed by atoms with Gasteiger partial charge in [0.05, 0.1) is 5.69 Å². The lowest BCUT2D eigenvalue weighted by atomic mass is 10.00. The number of rotatable bonds is 5. The molecule has 0 atom stereocenters. The zero-order valence-corrected chi connectivity index (χ0v) is 17.9. The van der Waals surface area contributed by atoms with Crippen LogP contribution in [0.3, 0.4) is 0 Å². The van der Waals surface area contributed by atoms with E-state index in [2.05, 4.69) is 21.8 Å². The maximum absolute atomic E-state index is 13.6. The van der Waals surface area contributed by atoms with Gasteiger partial charge in [-0.3, -0.25) is 4.99 Å². The number of aromatic nitrogens is 3. The smallest absolute Gasteiger partial charge is 0.283 e. The first-order valence-corrected chi connectivity index (χ1v) is 10.2. The minimum absolute atomic E-state index is 0.0227. The molecule has 7 nitrogen and oxygen atoms in total. The molecule has 32 heavy (non-hydrogen) atoms. The third-order valence-corrected chi connectivity index (χ3v) is 5.64. The third-order valence-electron chi connectivity index (χ3n) is 5.41. The molecule has 0 saturated carbocycles. The van der Waals surface area contributed by atoms with E-state index in [4.69, 9.17) is 11.6 Å². The summed E-state index contributed by atoms with van der Waals surface area (Å²) < 4.78 is 28.5. The highest BCUT2D eigenvalue weighted by molar-refractivity contribution is 6.30. The second-order valence-electron chi connectivity index (χ2n) is 7.53. The van der Waals surface area contributed by atoms with Crippen LogP contribution in [0.1, 0.15) is 28.9 Å². The molecule has 0 aliphatic carbocycles. The van der Waals surface area contributed by atoms with Crippen LogP contribution >= 0.6 is 11.6 Å². The van der Waals surface area contributed by atoms with E-state index >= 15 is 0 Å². The van der Waals surface area contributed by atoms with Crippen LogP contribution in [-0.2, 0) is 0 Å². The SMILES string of the molecule is C=N/C=c1/cc(Cl)cc/c1=C\c1c(C)nc2c(C#N)c(C(F)F)nn2c1N1CC(CO)C1. The average molecular weight is 457 g/mol. The minimum Gasteiger partial charge on any atom is -0.396 e. The van der Waals surface area contributed by atoms with Crippen molar-refractivity contribution < 1.29 is 13.9 Å². The zero-order valence-electron chi connectivity index (χ0n) is 17.1. The van der Waals surface area contributed by atoms with Crippen molar-refractivity contribution in [3.05, 3.63) is 56.2 Å². The van der Waals surface area contributed by atoms with Crippen LogP contribution in [0.2, 0.25) is 5.02 Å². The largest absolute Gasteiger partial charge is 0.396 e. The molecule has 0 bridgehead atoms. The van der Waals surface area contributed by atoms with Crippen molar-refractivity contribution in [3.63, 3.8) is 0 Å². The van der Waals surface area contributed by atoms with Gasteiger partial charge in [-0.2, -0.15) is 14.9 Å². The predicted octanol–water partition coefficient (Wildman–Crippen LogP) is 2.20. The fraction of sp³-hybridized carbons (Fsp3) is 0.273. The van der Waals surface area contributed by atoms with Crippen LogP contribution in [0.5, 0.6) is 0 Å². The van der Waals surface area contributed by atoms with Gasteiger partial charge in [0.25, 0.3) is 6.43 Å². The number of hydrogen-bond acceptors (Lipinski definition) is 6. The molecule has 3 heterocycles. The van der Waals surface area contributed by atoms with Crippen LogP contribution in [0.15, 0.2) is 23.2 Å². The molecule has 1 aliphatic heterocycles. The number of alkyl halides is 2. The molecule has 0 radical (unpaired) electrons. The summed E-state index contributed by atoms with van der Waals surface area (Å²) in [6, 6.07) is 7.10. The van der Waals surface area contributed by atoms with Crippen molar-refractivity contribution in [2.24, 2.45) is 10.9 Å². The summed E-state index contributed by atoms with van der Waals surface area (Å²) >= 11 is 6.12. The van der Waals surface area contributed by atoms with Gasteiger partial charge in [0.15, 0.2) is 5.65 Å². The van der Waals surface area contributed by atoms with E-state index in [9.17, 15) is 19.1 Å². The summed E-state index contributed by atoms with van der Waals surface area (Å²) in [7, 11) is 0. The molecular formula is C22H19ClF2N6O. The molecule has 1 aliphatic rings. The number of nitriles is 1. The summed E-state index contributed by atoms with van der Waals surface area (Å²) in [4.78, 5) is 10.2. The van der Waals surface area contributed by atoms with Crippen molar-refractivity contribution in [2.75, 3.05) is 24.6 Å². The summed E-state index contributed by atoms with van der Waals surface area (Å²) in [6.45, 7) is 6.31. The molecule has 1 fully saturated rings. The number of benzene rings is 1. The second-order valence-corrected chi connectivity index (χ2v) is 7.96. The Morgan fingerprint density at radius 2 is 2.16 bits per heavy atom. The first kappa shape index (κ1) is 21.9. The van der Waals surface area contributed by atoms with Crippen LogP contribution in [0.4, 0.5) is 14.6 Å². The maximum Gasteiger partial charge on any atom is 0.283 e. The molecule has 4 rings (SSSR count). The van der Waals surface area contributed by atoms with Crippen molar-refractivity contribution >= 4 is 42.1 Å². The monoisotopic (exact) mass is 456 g/mol. The van der Waals surface area contributed by atoms with E-state index in [1.165, 1.54) is 4.52 Å². The number of aliphatic hydroxyl groups is 1. The fourth-order valence-electron chi connectivity index (χ4n) is 3.81. The van der Waals surface area contributed by atoms with Gasteiger partial charge < -0.3 is 10.0 Å². The number of fused-ring (bicyclic) bond motifs is 1. The van der Waals surface area contributed by atoms with Crippen LogP contribution < -0.4 is 15.3 Å². The summed E-state index contributed by atoms with van der Waals surface area (Å²) in [6.07, 6.45) is 0.511. The minimum atomic E-state index is -2.91. The molecular weight excluding hydrogens is 438 g/mol. The van der Waals surface area contributed by atoms with Gasteiger partial charge in [-0.1, -0.05) is 17.7 Å². The van der Waals surface area contributed by atoms with Gasteiger partial charge >= 0.3 is 0 Å². The predicted molar refractivity (Wildman–Crippen MR) is 118 cm³/mol. The second kappa shape index (κ2) is 8.65. The van der Waals surface area contributed by atoms with Crippen LogP contribution in [-0.4, -0.2) is 46.1 Å². The Morgan fingerprint density at radius 3 is 2.78 bits per heavy atom. The quantitative estimate of drug-likeness (QED) is 0.594. The van der Waals surface area contributed by atoms with Crippen LogP contribution in [0.25, 0.3) is 17.9 Å². The van der Waals surface area contributed by atoms with E-state index in [1.807, 2.05) is 23.1 Å². The summed E-state index contributed by atoms with van der Waals surface area (Å²) in [5, 5.41) is 25.0. The van der Waals surface area contributed by atoms with E-state index in [0.717, 1.165) is 10.4 Å². The lowest BCUT2D eigenvalue weighted by Gasteiger charge is -2.40. The highest BCUT2D eigenvalue weighted by Crippen LogP contribution is 2.33. The van der Waals surface area contributed by atoms with Crippen molar-refractivity contribution in [1.29, 1.82) is 5.26 Å². The molecule has 0 unspecified atom stereocenters. The van der Waals surface area contributed by atoms with Crippen molar-refractivity contribution in [1.82, 2.24) is 14.6 Å². The Bertz CT molecular complexity index is 1370. The maximum atomic E-state index is 13.6. The normalized spacial score (nSPS) is 15.5.